The lowest BCUT2D eigenvalue weighted by Gasteiger charge is -1.96. The van der Waals surface area contributed by atoms with Crippen LogP contribution in [0.1, 0.15) is 21.5 Å². The molecule has 2 N–H and O–H groups in total. The lowest BCUT2D eigenvalue weighted by molar-refractivity contribution is 0.0966. The van der Waals surface area contributed by atoms with Crippen molar-refractivity contribution in [2.45, 2.75) is 6.54 Å². The van der Waals surface area contributed by atoms with Gasteiger partial charge >= 0.3 is 0 Å². The smallest absolute Gasteiger partial charge is 0.251 e. The minimum atomic E-state index is -0.0394. The molecule has 0 spiro atoms. The molecule has 0 atom stereocenters. The Labute approximate surface area is 74.9 Å². The summed E-state index contributed by atoms with van der Waals surface area (Å²) >= 11 is 0. The van der Waals surface area contributed by atoms with Crippen molar-refractivity contribution in [3.8, 4) is 0 Å². The van der Waals surface area contributed by atoms with Gasteiger partial charge in [0.2, 0.25) is 0 Å². The highest BCUT2D eigenvalue weighted by molar-refractivity contribution is 5.99. The molecule has 0 unspecified atom stereocenters. The monoisotopic (exact) mass is 176 g/mol. The number of amides is 1. The van der Waals surface area contributed by atoms with Crippen molar-refractivity contribution in [2.24, 2.45) is 5.16 Å². The van der Waals surface area contributed by atoms with E-state index < -0.39 is 0 Å². The number of hydrogen-bond donors (Lipinski definition) is 2. The SMILES string of the molecule is O=C1NCc2cc(/C=N/O)ccc21. The number of carbonyl (C=O) groups excluding carboxylic acids is 1. The normalized spacial score (nSPS) is 14.6. The van der Waals surface area contributed by atoms with E-state index in [1.54, 1.807) is 12.1 Å². The number of rotatable bonds is 1. The van der Waals surface area contributed by atoms with Crippen molar-refractivity contribution in [2.75, 3.05) is 0 Å². The van der Waals surface area contributed by atoms with Crippen molar-refractivity contribution in [1.82, 2.24) is 5.32 Å². The first-order valence-corrected chi connectivity index (χ1v) is 3.90. The topological polar surface area (TPSA) is 61.7 Å². The van der Waals surface area contributed by atoms with E-state index in [0.29, 0.717) is 12.1 Å². The molecule has 0 radical (unpaired) electrons. The Bertz CT molecular complexity index is 385. The predicted molar refractivity (Wildman–Crippen MR) is 47.0 cm³/mol. The molecule has 4 nitrogen and oxygen atoms in total. The molecule has 2 rings (SSSR count). The van der Waals surface area contributed by atoms with Crippen LogP contribution in [-0.4, -0.2) is 17.3 Å². The Kier molecular flexibility index (Phi) is 1.73. The van der Waals surface area contributed by atoms with E-state index in [9.17, 15) is 4.79 Å². The average Bonchev–Trinajstić information content (AvgIpc) is 2.48. The second-order valence-corrected chi connectivity index (χ2v) is 2.84. The standard InChI is InChI=1S/C9H8N2O2/c12-9-8-2-1-6(4-11-13)3-7(8)5-10-9/h1-4,13H,5H2,(H,10,12)/b11-4+. The predicted octanol–water partition coefficient (Wildman–Crippen LogP) is 0.738. The third-order valence-corrected chi connectivity index (χ3v) is 2.02. The van der Waals surface area contributed by atoms with Crippen molar-refractivity contribution in [3.63, 3.8) is 0 Å². The maximum absolute atomic E-state index is 11.1. The number of benzene rings is 1. The number of oxime groups is 1. The van der Waals surface area contributed by atoms with Crippen LogP contribution in [0.5, 0.6) is 0 Å². The molecule has 1 aromatic rings. The van der Waals surface area contributed by atoms with E-state index in [0.717, 1.165) is 11.1 Å². The molecule has 0 aromatic heterocycles. The molecule has 1 heterocycles. The van der Waals surface area contributed by atoms with E-state index in [1.165, 1.54) is 6.21 Å². The molecule has 0 saturated heterocycles. The fraction of sp³-hybridized carbons (Fsp3) is 0.111. The number of fused-ring (bicyclic) bond motifs is 1. The lowest BCUT2D eigenvalue weighted by Crippen LogP contribution is -2.12. The Morgan fingerprint density at radius 3 is 3.15 bits per heavy atom. The lowest BCUT2D eigenvalue weighted by atomic mass is 10.1. The van der Waals surface area contributed by atoms with Crippen molar-refractivity contribution in [3.05, 3.63) is 34.9 Å². The third kappa shape index (κ3) is 1.26. The third-order valence-electron chi connectivity index (χ3n) is 2.02. The molecule has 0 saturated carbocycles. The second kappa shape index (κ2) is 2.90. The van der Waals surface area contributed by atoms with Gasteiger partial charge in [0.05, 0.1) is 6.21 Å². The Morgan fingerprint density at radius 2 is 2.38 bits per heavy atom. The van der Waals surface area contributed by atoms with Crippen LogP contribution in [0.15, 0.2) is 23.4 Å². The number of nitrogens with zero attached hydrogens (tertiary/aromatic N) is 1. The zero-order chi connectivity index (χ0) is 9.26. The minimum absolute atomic E-state index is 0.0394. The largest absolute Gasteiger partial charge is 0.411 e. The highest BCUT2D eigenvalue weighted by Crippen LogP contribution is 2.16. The molecular weight excluding hydrogens is 168 g/mol. The summed E-state index contributed by atoms with van der Waals surface area (Å²) in [4.78, 5) is 11.1. The Morgan fingerprint density at radius 1 is 1.54 bits per heavy atom. The van der Waals surface area contributed by atoms with Crippen LogP contribution in [0.2, 0.25) is 0 Å². The summed E-state index contributed by atoms with van der Waals surface area (Å²) < 4.78 is 0. The van der Waals surface area contributed by atoms with E-state index >= 15 is 0 Å². The van der Waals surface area contributed by atoms with Gasteiger partial charge in [0.15, 0.2) is 0 Å². The number of hydrogen-bond acceptors (Lipinski definition) is 3. The van der Waals surface area contributed by atoms with E-state index in [-0.39, 0.29) is 5.91 Å². The van der Waals surface area contributed by atoms with Crippen LogP contribution in [-0.2, 0) is 6.54 Å². The quantitative estimate of drug-likeness (QED) is 0.376. The molecular formula is C9H8N2O2. The van der Waals surface area contributed by atoms with Gasteiger partial charge in [0, 0.05) is 12.1 Å². The zero-order valence-electron chi connectivity index (χ0n) is 6.82. The van der Waals surface area contributed by atoms with Crippen LogP contribution >= 0.6 is 0 Å². The molecule has 13 heavy (non-hydrogen) atoms. The first kappa shape index (κ1) is 7.79. The van der Waals surface area contributed by atoms with Gasteiger partial charge in [-0.05, 0) is 23.3 Å². The van der Waals surface area contributed by atoms with E-state index in [2.05, 4.69) is 10.5 Å². The van der Waals surface area contributed by atoms with Crippen LogP contribution in [0.4, 0.5) is 0 Å². The first-order valence-electron chi connectivity index (χ1n) is 3.90. The Balaban J connectivity index is 2.45. The molecule has 1 amide bonds. The molecule has 66 valence electrons. The first-order chi connectivity index (χ1) is 6.31. The van der Waals surface area contributed by atoms with Crippen LogP contribution < -0.4 is 5.32 Å². The van der Waals surface area contributed by atoms with Gasteiger partial charge < -0.3 is 10.5 Å². The zero-order valence-corrected chi connectivity index (χ0v) is 6.82. The van der Waals surface area contributed by atoms with Crippen LogP contribution in [0.25, 0.3) is 0 Å². The summed E-state index contributed by atoms with van der Waals surface area (Å²) in [5, 5.41) is 13.9. The van der Waals surface area contributed by atoms with Crippen molar-refractivity contribution >= 4 is 12.1 Å². The average molecular weight is 176 g/mol. The maximum Gasteiger partial charge on any atom is 0.251 e. The van der Waals surface area contributed by atoms with Gasteiger partial charge in [-0.25, -0.2) is 0 Å². The Hall–Kier alpha value is -1.84. The summed E-state index contributed by atoms with van der Waals surface area (Å²) in [5.41, 5.74) is 2.44. The van der Waals surface area contributed by atoms with Gasteiger partial charge in [-0.2, -0.15) is 0 Å². The van der Waals surface area contributed by atoms with Gasteiger partial charge in [-0.15, -0.1) is 0 Å². The number of carbonyl (C=O) groups is 1. The fourth-order valence-electron chi connectivity index (χ4n) is 1.40. The maximum atomic E-state index is 11.1. The second-order valence-electron chi connectivity index (χ2n) is 2.84. The van der Waals surface area contributed by atoms with Crippen molar-refractivity contribution < 1.29 is 10.0 Å². The van der Waals surface area contributed by atoms with Crippen LogP contribution in [0, 0.1) is 0 Å². The van der Waals surface area contributed by atoms with Gasteiger partial charge in [-0.3, -0.25) is 4.79 Å². The molecule has 1 aliphatic rings. The number of nitrogens with one attached hydrogen (secondary N) is 1. The molecule has 1 aliphatic heterocycles. The summed E-state index contributed by atoms with van der Waals surface area (Å²) in [6.45, 7) is 0.557. The molecule has 0 fully saturated rings. The summed E-state index contributed by atoms with van der Waals surface area (Å²) in [6.07, 6.45) is 1.34. The summed E-state index contributed by atoms with van der Waals surface area (Å²) in [7, 11) is 0. The highest BCUT2D eigenvalue weighted by atomic mass is 16.4. The van der Waals surface area contributed by atoms with Gasteiger partial charge in [0.25, 0.3) is 5.91 Å². The minimum Gasteiger partial charge on any atom is -0.411 e. The van der Waals surface area contributed by atoms with Gasteiger partial charge in [-0.1, -0.05) is 11.2 Å². The van der Waals surface area contributed by atoms with E-state index in [4.69, 9.17) is 5.21 Å². The summed E-state index contributed by atoms with van der Waals surface area (Å²) in [6, 6.07) is 5.30. The molecule has 1 aromatic carbocycles. The fourth-order valence-corrected chi connectivity index (χ4v) is 1.40. The van der Waals surface area contributed by atoms with Crippen LogP contribution in [0.3, 0.4) is 0 Å². The van der Waals surface area contributed by atoms with Crippen molar-refractivity contribution in [1.29, 1.82) is 0 Å². The van der Waals surface area contributed by atoms with Gasteiger partial charge in [0.1, 0.15) is 0 Å². The van der Waals surface area contributed by atoms with E-state index in [1.807, 2.05) is 6.07 Å². The highest BCUT2D eigenvalue weighted by Gasteiger charge is 2.17. The molecule has 0 bridgehead atoms. The molecule has 4 heteroatoms. The molecule has 0 aliphatic carbocycles. The summed E-state index contributed by atoms with van der Waals surface area (Å²) in [5.74, 6) is -0.0394.